The highest BCUT2D eigenvalue weighted by Crippen LogP contribution is 2.28. The Hall–Kier alpha value is -0.540. The van der Waals surface area contributed by atoms with Crippen LogP contribution in [0, 0.1) is 5.92 Å². The van der Waals surface area contributed by atoms with Crippen LogP contribution in [-0.4, -0.2) is 33.2 Å². The zero-order valence-corrected chi connectivity index (χ0v) is 13.5. The molecule has 0 radical (unpaired) electrons. The van der Waals surface area contributed by atoms with Crippen molar-refractivity contribution in [2.24, 2.45) is 11.7 Å². The highest BCUT2D eigenvalue weighted by molar-refractivity contribution is 7.91. The maximum atomic E-state index is 12.0. The smallest absolute Gasteiger partial charge is 0.250 e. The SMILES string of the molecule is NC(=S)c1ccc(S(=O)(=O)NCCCOCC2CC2)s1. The average Bonchev–Trinajstić information content (AvgIpc) is 3.05. The lowest BCUT2D eigenvalue weighted by atomic mass is 10.4. The van der Waals surface area contributed by atoms with Crippen molar-refractivity contribution >= 4 is 38.6 Å². The summed E-state index contributed by atoms with van der Waals surface area (Å²) in [6.07, 6.45) is 3.19. The van der Waals surface area contributed by atoms with Gasteiger partial charge in [0, 0.05) is 19.8 Å². The zero-order valence-electron chi connectivity index (χ0n) is 11.0. The van der Waals surface area contributed by atoms with E-state index in [2.05, 4.69) is 4.72 Å². The van der Waals surface area contributed by atoms with Crippen molar-refractivity contribution in [2.75, 3.05) is 19.8 Å². The van der Waals surface area contributed by atoms with Crippen LogP contribution in [0.5, 0.6) is 0 Å². The van der Waals surface area contributed by atoms with E-state index in [0.29, 0.717) is 24.4 Å². The molecule has 1 aliphatic rings. The molecular weight excluding hydrogens is 316 g/mol. The fourth-order valence-electron chi connectivity index (χ4n) is 1.58. The van der Waals surface area contributed by atoms with E-state index in [1.807, 2.05) is 0 Å². The molecule has 0 saturated heterocycles. The Morgan fingerprint density at radius 2 is 2.25 bits per heavy atom. The summed E-state index contributed by atoms with van der Waals surface area (Å²) in [6, 6.07) is 3.14. The lowest BCUT2D eigenvalue weighted by molar-refractivity contribution is 0.123. The normalized spacial score (nSPS) is 15.4. The largest absolute Gasteiger partial charge is 0.389 e. The van der Waals surface area contributed by atoms with Gasteiger partial charge < -0.3 is 10.5 Å². The van der Waals surface area contributed by atoms with Gasteiger partial charge in [-0.2, -0.15) is 0 Å². The van der Waals surface area contributed by atoms with Crippen molar-refractivity contribution < 1.29 is 13.2 Å². The number of thiocarbonyl (C=S) groups is 1. The molecule has 0 aromatic carbocycles. The summed E-state index contributed by atoms with van der Waals surface area (Å²) in [7, 11) is -3.47. The van der Waals surface area contributed by atoms with Crippen LogP contribution in [0.15, 0.2) is 16.3 Å². The first-order valence-corrected chi connectivity index (χ1v) is 9.17. The van der Waals surface area contributed by atoms with E-state index in [4.69, 9.17) is 22.7 Å². The Kier molecular flexibility index (Phi) is 5.50. The summed E-state index contributed by atoms with van der Waals surface area (Å²) >= 11 is 5.90. The fraction of sp³-hybridized carbons (Fsp3) is 0.583. The molecule has 1 aliphatic carbocycles. The minimum atomic E-state index is -3.47. The van der Waals surface area contributed by atoms with Crippen LogP contribution >= 0.6 is 23.6 Å². The van der Waals surface area contributed by atoms with Gasteiger partial charge in [0.25, 0.3) is 0 Å². The molecule has 0 unspecified atom stereocenters. The summed E-state index contributed by atoms with van der Waals surface area (Å²) in [5, 5.41) is 0. The number of nitrogens with one attached hydrogen (secondary N) is 1. The highest BCUT2D eigenvalue weighted by atomic mass is 32.2. The van der Waals surface area contributed by atoms with E-state index in [1.54, 1.807) is 6.07 Å². The molecule has 8 heteroatoms. The molecule has 1 fully saturated rings. The molecular formula is C12H18N2O3S3. The van der Waals surface area contributed by atoms with Crippen molar-refractivity contribution in [2.45, 2.75) is 23.5 Å². The van der Waals surface area contributed by atoms with E-state index in [9.17, 15) is 8.42 Å². The molecule has 0 spiro atoms. The molecule has 0 bridgehead atoms. The monoisotopic (exact) mass is 334 g/mol. The van der Waals surface area contributed by atoms with Crippen LogP contribution in [-0.2, 0) is 14.8 Å². The number of rotatable bonds is 9. The number of nitrogens with two attached hydrogens (primary N) is 1. The Morgan fingerprint density at radius 3 is 2.85 bits per heavy atom. The maximum Gasteiger partial charge on any atom is 0.250 e. The van der Waals surface area contributed by atoms with E-state index in [0.717, 1.165) is 23.9 Å². The Morgan fingerprint density at radius 1 is 1.50 bits per heavy atom. The van der Waals surface area contributed by atoms with Gasteiger partial charge >= 0.3 is 0 Å². The van der Waals surface area contributed by atoms with Gasteiger partial charge in [0.1, 0.15) is 9.20 Å². The third-order valence-corrected chi connectivity index (χ3v) is 6.32. The van der Waals surface area contributed by atoms with Crippen LogP contribution in [0.3, 0.4) is 0 Å². The standard InChI is InChI=1S/C12H18N2O3S3/c13-12(18)10-4-5-11(19-10)20(15,16)14-6-1-7-17-8-9-2-3-9/h4-5,9,14H,1-3,6-8H2,(H2,13,18). The summed E-state index contributed by atoms with van der Waals surface area (Å²) in [5.41, 5.74) is 5.46. The van der Waals surface area contributed by atoms with E-state index in [1.165, 1.54) is 18.9 Å². The van der Waals surface area contributed by atoms with E-state index in [-0.39, 0.29) is 9.20 Å². The van der Waals surface area contributed by atoms with Gasteiger partial charge in [0.2, 0.25) is 10.0 Å². The lowest BCUT2D eigenvalue weighted by Crippen LogP contribution is -2.25. The predicted molar refractivity (Wildman–Crippen MR) is 83.6 cm³/mol. The maximum absolute atomic E-state index is 12.0. The highest BCUT2D eigenvalue weighted by Gasteiger charge is 2.21. The molecule has 0 amide bonds. The minimum absolute atomic E-state index is 0.213. The van der Waals surface area contributed by atoms with E-state index >= 15 is 0 Å². The molecule has 20 heavy (non-hydrogen) atoms. The molecule has 1 saturated carbocycles. The van der Waals surface area contributed by atoms with Gasteiger partial charge in [-0.15, -0.1) is 11.3 Å². The third-order valence-electron chi connectivity index (χ3n) is 2.90. The molecule has 2 rings (SSSR count). The summed E-state index contributed by atoms with van der Waals surface area (Å²) in [5.74, 6) is 0.733. The van der Waals surface area contributed by atoms with Crippen LogP contribution < -0.4 is 10.5 Å². The Bertz CT molecular complexity index is 564. The Labute approximate surface area is 128 Å². The first kappa shape index (κ1) is 15.8. The van der Waals surface area contributed by atoms with Crippen molar-refractivity contribution in [1.82, 2.24) is 4.72 Å². The topological polar surface area (TPSA) is 81.4 Å². The van der Waals surface area contributed by atoms with Gasteiger partial charge in [-0.1, -0.05) is 12.2 Å². The predicted octanol–water partition coefficient (Wildman–Crippen LogP) is 1.48. The number of sulfonamides is 1. The van der Waals surface area contributed by atoms with Crippen LogP contribution in [0.2, 0.25) is 0 Å². The van der Waals surface area contributed by atoms with Crippen LogP contribution in [0.25, 0.3) is 0 Å². The quantitative estimate of drug-likeness (QED) is 0.528. The number of hydrogen-bond donors (Lipinski definition) is 2. The molecule has 1 aromatic rings. The second-order valence-corrected chi connectivity index (χ2v) is 8.27. The van der Waals surface area contributed by atoms with Crippen LogP contribution in [0.1, 0.15) is 24.1 Å². The minimum Gasteiger partial charge on any atom is -0.389 e. The number of hydrogen-bond acceptors (Lipinski definition) is 5. The Balaban J connectivity index is 1.73. The number of thiophene rings is 1. The second kappa shape index (κ2) is 6.95. The van der Waals surface area contributed by atoms with Gasteiger partial charge in [0.15, 0.2) is 0 Å². The summed E-state index contributed by atoms with van der Waals surface area (Å²) in [6.45, 7) is 1.75. The number of ether oxygens (including phenoxy) is 1. The molecule has 0 atom stereocenters. The first-order valence-electron chi connectivity index (χ1n) is 6.46. The van der Waals surface area contributed by atoms with Crippen molar-refractivity contribution in [3.63, 3.8) is 0 Å². The fourth-order valence-corrected chi connectivity index (χ4v) is 4.05. The van der Waals surface area contributed by atoms with Gasteiger partial charge in [0.05, 0.1) is 4.88 Å². The lowest BCUT2D eigenvalue weighted by Gasteiger charge is -2.05. The molecule has 5 nitrogen and oxygen atoms in total. The second-order valence-electron chi connectivity index (χ2n) is 4.75. The molecule has 1 aromatic heterocycles. The third kappa shape index (κ3) is 4.78. The summed E-state index contributed by atoms with van der Waals surface area (Å²) < 4.78 is 32.2. The molecule has 112 valence electrons. The van der Waals surface area contributed by atoms with Crippen LogP contribution in [0.4, 0.5) is 0 Å². The molecule has 0 aliphatic heterocycles. The van der Waals surface area contributed by atoms with Crippen molar-refractivity contribution in [3.8, 4) is 0 Å². The van der Waals surface area contributed by atoms with Crippen molar-refractivity contribution in [3.05, 3.63) is 17.0 Å². The molecule has 3 N–H and O–H groups in total. The van der Waals surface area contributed by atoms with E-state index < -0.39 is 10.0 Å². The van der Waals surface area contributed by atoms with Gasteiger partial charge in [-0.05, 0) is 37.3 Å². The average molecular weight is 334 g/mol. The summed E-state index contributed by atoms with van der Waals surface area (Å²) in [4.78, 5) is 0.818. The van der Waals surface area contributed by atoms with Gasteiger partial charge in [-0.3, -0.25) is 0 Å². The first-order chi connectivity index (χ1) is 9.49. The zero-order chi connectivity index (χ0) is 14.6. The van der Waals surface area contributed by atoms with Gasteiger partial charge in [-0.25, -0.2) is 13.1 Å². The van der Waals surface area contributed by atoms with Crippen molar-refractivity contribution in [1.29, 1.82) is 0 Å². The molecule has 1 heterocycles.